The zero-order valence-electron chi connectivity index (χ0n) is 19.7. The lowest BCUT2D eigenvalue weighted by Gasteiger charge is -2.20. The van der Waals surface area contributed by atoms with Crippen molar-refractivity contribution in [3.05, 3.63) is 77.6 Å². The molecule has 0 saturated heterocycles. The Balaban J connectivity index is 1.75. The summed E-state index contributed by atoms with van der Waals surface area (Å²) in [7, 11) is 0. The van der Waals surface area contributed by atoms with Crippen molar-refractivity contribution in [1.29, 1.82) is 0 Å². The Morgan fingerprint density at radius 2 is 1.79 bits per heavy atom. The van der Waals surface area contributed by atoms with Crippen molar-refractivity contribution >= 4 is 28.8 Å². The maximum Gasteiger partial charge on any atom is 0.262 e. The molecular formula is C27H30FN3O3. The number of amides is 2. The second-order valence-electron chi connectivity index (χ2n) is 8.34. The molecule has 2 amide bonds. The topological polar surface area (TPSA) is 79.8 Å². The lowest BCUT2D eigenvalue weighted by atomic mass is 10.0. The molecule has 1 atom stereocenters. The first-order chi connectivity index (χ1) is 16.4. The largest absolute Gasteiger partial charge is 0.493 e. The predicted molar refractivity (Wildman–Crippen MR) is 133 cm³/mol. The Labute approximate surface area is 199 Å². The molecule has 0 aliphatic carbocycles. The van der Waals surface area contributed by atoms with Crippen molar-refractivity contribution in [2.75, 3.05) is 6.61 Å². The van der Waals surface area contributed by atoms with E-state index in [1.807, 2.05) is 50.2 Å². The number of hydrogen-bond acceptors (Lipinski definition) is 4. The van der Waals surface area contributed by atoms with Gasteiger partial charge in [-0.05, 0) is 53.4 Å². The van der Waals surface area contributed by atoms with Crippen LogP contribution in [-0.2, 0) is 4.79 Å². The van der Waals surface area contributed by atoms with Crippen molar-refractivity contribution in [2.24, 2.45) is 11.0 Å². The Morgan fingerprint density at radius 1 is 1.06 bits per heavy atom. The van der Waals surface area contributed by atoms with Gasteiger partial charge < -0.3 is 10.1 Å². The molecule has 1 unspecified atom stereocenters. The van der Waals surface area contributed by atoms with E-state index in [0.29, 0.717) is 12.4 Å². The van der Waals surface area contributed by atoms with E-state index in [4.69, 9.17) is 4.74 Å². The van der Waals surface area contributed by atoms with Crippen LogP contribution in [0.2, 0.25) is 0 Å². The van der Waals surface area contributed by atoms with Gasteiger partial charge in [0.1, 0.15) is 17.6 Å². The maximum absolute atomic E-state index is 13.1. The molecule has 178 valence electrons. The highest BCUT2D eigenvalue weighted by atomic mass is 19.1. The van der Waals surface area contributed by atoms with Crippen molar-refractivity contribution in [1.82, 2.24) is 10.7 Å². The zero-order chi connectivity index (χ0) is 24.5. The number of hydrogen-bond donors (Lipinski definition) is 2. The van der Waals surface area contributed by atoms with Gasteiger partial charge >= 0.3 is 0 Å². The maximum atomic E-state index is 13.1. The first-order valence-corrected chi connectivity index (χ1v) is 11.4. The number of unbranched alkanes of at least 4 members (excludes halogenated alkanes) is 1. The Morgan fingerprint density at radius 3 is 2.50 bits per heavy atom. The summed E-state index contributed by atoms with van der Waals surface area (Å²) in [5.41, 5.74) is 3.58. The van der Waals surface area contributed by atoms with Gasteiger partial charge in [-0.1, -0.05) is 57.5 Å². The van der Waals surface area contributed by atoms with Gasteiger partial charge in [0.2, 0.25) is 0 Å². The molecule has 0 bridgehead atoms. The van der Waals surface area contributed by atoms with Gasteiger partial charge in [0.05, 0.1) is 12.8 Å². The number of rotatable bonds is 10. The molecule has 2 N–H and O–H groups in total. The summed E-state index contributed by atoms with van der Waals surface area (Å²) in [4.78, 5) is 25.3. The number of halogens is 1. The van der Waals surface area contributed by atoms with E-state index >= 15 is 0 Å². The van der Waals surface area contributed by atoms with E-state index < -0.39 is 23.7 Å². The number of ether oxygens (including phenoxy) is 1. The third kappa shape index (κ3) is 6.41. The molecule has 3 aromatic carbocycles. The fourth-order valence-corrected chi connectivity index (χ4v) is 3.45. The smallest absolute Gasteiger partial charge is 0.262 e. The van der Waals surface area contributed by atoms with Crippen LogP contribution in [0.3, 0.4) is 0 Å². The average molecular weight is 464 g/mol. The molecule has 0 heterocycles. The summed E-state index contributed by atoms with van der Waals surface area (Å²) < 4.78 is 19.1. The number of nitrogens with one attached hydrogen (secondary N) is 2. The minimum absolute atomic E-state index is 0.190. The van der Waals surface area contributed by atoms with Gasteiger partial charge in [-0.15, -0.1) is 0 Å². The highest BCUT2D eigenvalue weighted by Crippen LogP contribution is 2.27. The fourth-order valence-electron chi connectivity index (χ4n) is 3.45. The Hall–Kier alpha value is -3.74. The number of nitrogens with zero attached hydrogens (tertiary/aromatic N) is 1. The van der Waals surface area contributed by atoms with Crippen molar-refractivity contribution in [3.63, 3.8) is 0 Å². The molecule has 3 aromatic rings. The third-order valence-electron chi connectivity index (χ3n) is 5.40. The number of hydrazone groups is 1. The number of carbonyl (C=O) groups excluding carboxylic acids is 2. The standard InChI is InChI=1S/C27H30FN3O3/c1-4-5-16-34-24-15-12-19-8-6-7-9-22(19)23(24)17-29-31-27(33)25(18(2)3)30-26(32)20-10-13-21(28)14-11-20/h6-15,17-18,25H,4-5,16H2,1-3H3,(H,30,32)(H,31,33)/b29-17+. The second-order valence-corrected chi connectivity index (χ2v) is 8.34. The summed E-state index contributed by atoms with van der Waals surface area (Å²) in [5.74, 6) is -0.843. The predicted octanol–water partition coefficient (Wildman–Crippen LogP) is 5.06. The molecular weight excluding hydrogens is 433 g/mol. The highest BCUT2D eigenvalue weighted by Gasteiger charge is 2.24. The van der Waals surface area contributed by atoms with Crippen LogP contribution in [0.25, 0.3) is 10.8 Å². The molecule has 3 rings (SSSR count). The fraction of sp³-hybridized carbons (Fsp3) is 0.296. The van der Waals surface area contributed by atoms with Crippen LogP contribution in [-0.4, -0.2) is 30.7 Å². The molecule has 0 saturated carbocycles. The lowest BCUT2D eigenvalue weighted by Crippen LogP contribution is -2.48. The molecule has 6 nitrogen and oxygen atoms in total. The van der Waals surface area contributed by atoms with Gasteiger partial charge in [0, 0.05) is 11.1 Å². The van der Waals surface area contributed by atoms with Gasteiger partial charge in [0.25, 0.3) is 11.8 Å². The first kappa shape index (κ1) is 24.9. The van der Waals surface area contributed by atoms with Crippen molar-refractivity contribution in [3.8, 4) is 5.75 Å². The van der Waals surface area contributed by atoms with Crippen LogP contribution in [0, 0.1) is 11.7 Å². The number of carbonyl (C=O) groups is 2. The monoisotopic (exact) mass is 463 g/mol. The van der Waals surface area contributed by atoms with Gasteiger partial charge in [-0.2, -0.15) is 5.10 Å². The van der Waals surface area contributed by atoms with Crippen LogP contribution in [0.15, 0.2) is 65.8 Å². The van der Waals surface area contributed by atoms with Gasteiger partial charge in [-0.3, -0.25) is 9.59 Å². The zero-order valence-corrected chi connectivity index (χ0v) is 19.7. The molecule has 0 aliphatic rings. The highest BCUT2D eigenvalue weighted by molar-refractivity contribution is 6.03. The summed E-state index contributed by atoms with van der Waals surface area (Å²) in [6, 6.07) is 16.1. The normalized spacial score (nSPS) is 12.1. The molecule has 0 spiro atoms. The van der Waals surface area contributed by atoms with Crippen LogP contribution in [0.5, 0.6) is 5.75 Å². The van der Waals surface area contributed by atoms with Crippen molar-refractivity contribution in [2.45, 2.75) is 39.7 Å². The summed E-state index contributed by atoms with van der Waals surface area (Å²) >= 11 is 0. The van der Waals surface area contributed by atoms with E-state index in [1.165, 1.54) is 24.3 Å². The first-order valence-electron chi connectivity index (χ1n) is 11.4. The lowest BCUT2D eigenvalue weighted by molar-refractivity contribution is -0.123. The Kier molecular flexibility index (Phi) is 8.73. The summed E-state index contributed by atoms with van der Waals surface area (Å²) in [6.07, 6.45) is 3.53. The third-order valence-corrected chi connectivity index (χ3v) is 5.40. The second kappa shape index (κ2) is 11.9. The summed E-state index contributed by atoms with van der Waals surface area (Å²) in [5, 5.41) is 8.86. The van der Waals surface area contributed by atoms with Crippen LogP contribution in [0.1, 0.15) is 49.5 Å². The molecule has 0 aromatic heterocycles. The van der Waals surface area contributed by atoms with Gasteiger partial charge in [0.15, 0.2) is 0 Å². The molecule has 7 heteroatoms. The van der Waals surface area contributed by atoms with Crippen molar-refractivity contribution < 1.29 is 18.7 Å². The van der Waals surface area contributed by atoms with Crippen LogP contribution < -0.4 is 15.5 Å². The quantitative estimate of drug-likeness (QED) is 0.251. The molecule has 0 fully saturated rings. The SMILES string of the molecule is CCCCOc1ccc2ccccc2c1/C=N/NC(=O)C(NC(=O)c1ccc(F)cc1)C(C)C. The minimum atomic E-state index is -0.817. The van der Waals surface area contributed by atoms with Gasteiger partial charge in [-0.25, -0.2) is 9.82 Å². The van der Waals surface area contributed by atoms with Crippen LogP contribution >= 0.6 is 0 Å². The van der Waals surface area contributed by atoms with E-state index in [9.17, 15) is 14.0 Å². The van der Waals surface area contributed by atoms with E-state index in [1.54, 1.807) is 6.21 Å². The molecule has 34 heavy (non-hydrogen) atoms. The summed E-state index contributed by atoms with van der Waals surface area (Å²) in [6.45, 7) is 6.33. The molecule has 0 aliphatic heterocycles. The number of fused-ring (bicyclic) bond motifs is 1. The van der Waals surface area contributed by atoms with E-state index in [2.05, 4.69) is 22.8 Å². The molecule has 0 radical (unpaired) electrons. The van der Waals surface area contributed by atoms with Crippen LogP contribution in [0.4, 0.5) is 4.39 Å². The van der Waals surface area contributed by atoms with E-state index in [-0.39, 0.29) is 11.5 Å². The average Bonchev–Trinajstić information content (AvgIpc) is 2.83. The minimum Gasteiger partial charge on any atom is -0.493 e. The number of benzene rings is 3. The Bertz CT molecular complexity index is 1160. The van der Waals surface area contributed by atoms with E-state index in [0.717, 1.165) is 29.2 Å².